The Labute approximate surface area is 110 Å². The molecule has 1 fully saturated rings. The molecule has 3 unspecified atom stereocenters. The van der Waals surface area contributed by atoms with Crippen LogP contribution in [-0.4, -0.2) is 4.98 Å². The van der Waals surface area contributed by atoms with Crippen molar-refractivity contribution in [1.29, 1.82) is 0 Å². The zero-order valence-corrected chi connectivity index (χ0v) is 10.7. The first-order chi connectivity index (χ1) is 8.95. The first kappa shape index (κ1) is 14.3. The predicted molar refractivity (Wildman–Crippen MR) is 65.8 cm³/mol. The van der Waals surface area contributed by atoms with Crippen LogP contribution in [0.4, 0.5) is 13.2 Å². The fraction of sp³-hybridized carbons (Fsp3) is 0.615. The van der Waals surface area contributed by atoms with E-state index in [2.05, 4.69) is 17.3 Å². The Morgan fingerprint density at radius 2 is 2.16 bits per heavy atom. The number of hydrogen-bond donors (Lipinski definition) is 2. The molecule has 1 aliphatic carbocycles. The molecule has 1 aliphatic rings. The smallest absolute Gasteiger partial charge is 0.271 e. The molecule has 1 heterocycles. The van der Waals surface area contributed by atoms with Crippen molar-refractivity contribution in [3.8, 4) is 0 Å². The van der Waals surface area contributed by atoms with Crippen LogP contribution in [0.3, 0.4) is 0 Å². The number of halogens is 3. The second kappa shape index (κ2) is 5.46. The zero-order valence-electron chi connectivity index (χ0n) is 10.7. The highest BCUT2D eigenvalue weighted by Crippen LogP contribution is 2.43. The number of hydrogen-bond acceptors (Lipinski definition) is 3. The maximum atomic E-state index is 13.0. The minimum absolute atomic E-state index is 0.121. The van der Waals surface area contributed by atoms with Crippen LogP contribution >= 0.6 is 0 Å². The van der Waals surface area contributed by atoms with Gasteiger partial charge in [-0.25, -0.2) is 0 Å². The third kappa shape index (κ3) is 2.90. The summed E-state index contributed by atoms with van der Waals surface area (Å²) in [5.41, 5.74) is 2.06. The summed E-state index contributed by atoms with van der Waals surface area (Å²) in [4.78, 5) is 3.83. The molecule has 3 N–H and O–H groups in total. The van der Waals surface area contributed by atoms with Gasteiger partial charge in [-0.2, -0.15) is 13.2 Å². The number of hydrazine groups is 1. The number of alkyl halides is 3. The van der Waals surface area contributed by atoms with Crippen molar-refractivity contribution < 1.29 is 13.2 Å². The second-order valence-electron chi connectivity index (χ2n) is 5.18. The Balaban J connectivity index is 2.38. The molecule has 1 aromatic rings. The Morgan fingerprint density at radius 1 is 1.42 bits per heavy atom. The molecule has 0 bridgehead atoms. The third-order valence-electron chi connectivity index (χ3n) is 4.03. The zero-order chi connectivity index (χ0) is 14.0. The molecule has 3 atom stereocenters. The van der Waals surface area contributed by atoms with E-state index < -0.39 is 17.8 Å². The van der Waals surface area contributed by atoms with Gasteiger partial charge in [-0.05, 0) is 24.3 Å². The van der Waals surface area contributed by atoms with E-state index in [1.54, 1.807) is 0 Å². The second-order valence-corrected chi connectivity index (χ2v) is 5.18. The molecule has 106 valence electrons. The van der Waals surface area contributed by atoms with Crippen molar-refractivity contribution in [3.05, 3.63) is 29.6 Å². The third-order valence-corrected chi connectivity index (χ3v) is 4.03. The summed E-state index contributed by atoms with van der Waals surface area (Å²) < 4.78 is 39.1. The van der Waals surface area contributed by atoms with Gasteiger partial charge in [0.2, 0.25) is 0 Å². The van der Waals surface area contributed by atoms with Crippen LogP contribution in [-0.2, 0) is 6.18 Å². The largest absolute Gasteiger partial charge is 0.416 e. The van der Waals surface area contributed by atoms with Crippen molar-refractivity contribution in [3.63, 3.8) is 0 Å². The standard InChI is InChI=1S/C13H18F3N3/c1-8-3-2-4-9(8)12(19-17)10-7-18-6-5-11(10)13(14,15)16/h5-9,12,19H,2-4,17H2,1H3. The van der Waals surface area contributed by atoms with Gasteiger partial charge in [-0.1, -0.05) is 19.8 Å². The quantitative estimate of drug-likeness (QED) is 0.657. The predicted octanol–water partition coefficient (Wildman–Crippen LogP) is 3.04. The summed E-state index contributed by atoms with van der Waals surface area (Å²) in [5.74, 6) is 6.00. The highest BCUT2D eigenvalue weighted by molar-refractivity contribution is 5.30. The number of nitrogens with zero attached hydrogens (tertiary/aromatic N) is 1. The summed E-state index contributed by atoms with van der Waals surface area (Å²) >= 11 is 0. The number of nitrogens with two attached hydrogens (primary N) is 1. The number of rotatable bonds is 3. The lowest BCUT2D eigenvalue weighted by Crippen LogP contribution is -2.36. The lowest BCUT2D eigenvalue weighted by atomic mass is 9.85. The van der Waals surface area contributed by atoms with Crippen molar-refractivity contribution in [2.45, 2.75) is 38.4 Å². The van der Waals surface area contributed by atoms with E-state index in [0.717, 1.165) is 31.5 Å². The fourth-order valence-corrected chi connectivity index (χ4v) is 3.03. The summed E-state index contributed by atoms with van der Waals surface area (Å²) in [6, 6.07) is 0.516. The van der Waals surface area contributed by atoms with Crippen LogP contribution in [0.15, 0.2) is 18.5 Å². The number of pyridine rings is 1. The molecule has 0 amide bonds. The van der Waals surface area contributed by atoms with Crippen LogP contribution < -0.4 is 11.3 Å². The van der Waals surface area contributed by atoms with Crippen LogP contribution in [0.1, 0.15) is 43.4 Å². The number of nitrogens with one attached hydrogen (secondary N) is 1. The van der Waals surface area contributed by atoms with Gasteiger partial charge in [-0.15, -0.1) is 0 Å². The van der Waals surface area contributed by atoms with E-state index in [1.807, 2.05) is 0 Å². The molecule has 0 saturated heterocycles. The van der Waals surface area contributed by atoms with Gasteiger partial charge in [0.25, 0.3) is 0 Å². The van der Waals surface area contributed by atoms with Crippen LogP contribution in [0.2, 0.25) is 0 Å². The van der Waals surface area contributed by atoms with E-state index >= 15 is 0 Å². The Kier molecular flexibility index (Phi) is 4.10. The van der Waals surface area contributed by atoms with Gasteiger partial charge in [0, 0.05) is 18.0 Å². The molecule has 0 radical (unpaired) electrons. The molecule has 6 heteroatoms. The van der Waals surface area contributed by atoms with Crippen LogP contribution in [0.5, 0.6) is 0 Å². The SMILES string of the molecule is CC1CCCC1C(NN)c1cnccc1C(F)(F)F. The molecule has 1 aromatic heterocycles. The number of aromatic nitrogens is 1. The average molecular weight is 273 g/mol. The Morgan fingerprint density at radius 3 is 2.68 bits per heavy atom. The van der Waals surface area contributed by atoms with E-state index in [1.165, 1.54) is 6.20 Å². The Bertz CT molecular complexity index is 433. The van der Waals surface area contributed by atoms with Gasteiger partial charge >= 0.3 is 6.18 Å². The molecular weight excluding hydrogens is 255 g/mol. The summed E-state index contributed by atoms with van der Waals surface area (Å²) in [6.07, 6.45) is 1.02. The van der Waals surface area contributed by atoms with E-state index in [-0.39, 0.29) is 11.5 Å². The first-order valence-corrected chi connectivity index (χ1v) is 6.42. The van der Waals surface area contributed by atoms with Crippen molar-refractivity contribution in [2.24, 2.45) is 17.7 Å². The average Bonchev–Trinajstić information content (AvgIpc) is 2.76. The lowest BCUT2D eigenvalue weighted by Gasteiger charge is -2.28. The van der Waals surface area contributed by atoms with Gasteiger partial charge in [0.05, 0.1) is 11.6 Å². The monoisotopic (exact) mass is 273 g/mol. The van der Waals surface area contributed by atoms with Gasteiger partial charge in [0.1, 0.15) is 0 Å². The highest BCUT2D eigenvalue weighted by Gasteiger charge is 2.39. The molecule has 0 aliphatic heterocycles. The fourth-order valence-electron chi connectivity index (χ4n) is 3.03. The molecule has 2 rings (SSSR count). The van der Waals surface area contributed by atoms with E-state index in [9.17, 15) is 13.2 Å². The maximum absolute atomic E-state index is 13.0. The minimum Gasteiger partial charge on any atom is -0.271 e. The molecule has 3 nitrogen and oxygen atoms in total. The van der Waals surface area contributed by atoms with Crippen molar-refractivity contribution in [2.75, 3.05) is 0 Å². The summed E-state index contributed by atoms with van der Waals surface area (Å²) in [7, 11) is 0. The molecule has 19 heavy (non-hydrogen) atoms. The normalized spacial score (nSPS) is 25.5. The molecular formula is C13H18F3N3. The van der Waals surface area contributed by atoms with Gasteiger partial charge < -0.3 is 0 Å². The van der Waals surface area contributed by atoms with Crippen molar-refractivity contribution >= 4 is 0 Å². The topological polar surface area (TPSA) is 50.9 Å². The summed E-state index contributed by atoms with van der Waals surface area (Å²) in [5, 5.41) is 0. The maximum Gasteiger partial charge on any atom is 0.416 e. The molecule has 1 saturated carbocycles. The van der Waals surface area contributed by atoms with Gasteiger partial charge in [0.15, 0.2) is 0 Å². The first-order valence-electron chi connectivity index (χ1n) is 6.42. The van der Waals surface area contributed by atoms with Crippen molar-refractivity contribution in [1.82, 2.24) is 10.4 Å². The summed E-state index contributed by atoms with van der Waals surface area (Å²) in [6.45, 7) is 2.06. The van der Waals surface area contributed by atoms with Crippen LogP contribution in [0.25, 0.3) is 0 Å². The Hall–Kier alpha value is -1.14. The minimum atomic E-state index is -4.38. The lowest BCUT2D eigenvalue weighted by molar-refractivity contribution is -0.138. The highest BCUT2D eigenvalue weighted by atomic mass is 19.4. The van der Waals surface area contributed by atoms with Crippen LogP contribution in [0, 0.1) is 11.8 Å². The molecule has 0 aromatic carbocycles. The van der Waals surface area contributed by atoms with Gasteiger partial charge in [-0.3, -0.25) is 16.3 Å². The van der Waals surface area contributed by atoms with E-state index in [4.69, 9.17) is 5.84 Å². The van der Waals surface area contributed by atoms with E-state index in [0.29, 0.717) is 5.92 Å². The molecule has 0 spiro atoms.